The van der Waals surface area contributed by atoms with Crippen molar-refractivity contribution in [1.82, 2.24) is 14.7 Å². The van der Waals surface area contributed by atoms with Crippen LogP contribution in [0.15, 0.2) is 11.2 Å². The largest absolute Gasteiger partial charge is 0.332 e. The number of aryl methyl sites for hydroxylation is 1. The van der Waals surface area contributed by atoms with E-state index in [9.17, 15) is 8.42 Å². The summed E-state index contributed by atoms with van der Waals surface area (Å²) in [6, 6.07) is 0. The van der Waals surface area contributed by atoms with Crippen LogP contribution in [-0.2, 0) is 10.0 Å². The normalized spacial score (nSPS) is 28.5. The average molecular weight is 306 g/mol. The Morgan fingerprint density at radius 2 is 2.16 bits per heavy atom. The van der Waals surface area contributed by atoms with Crippen molar-refractivity contribution in [3.63, 3.8) is 0 Å². The number of H-pyrrole nitrogens is 1. The Hall–Kier alpha value is -0.590. The van der Waals surface area contributed by atoms with Gasteiger partial charge in [-0.15, -0.1) is 11.6 Å². The lowest BCUT2D eigenvalue weighted by Crippen LogP contribution is -2.52. The molecule has 1 aromatic heterocycles. The maximum Gasteiger partial charge on any atom is 0.258 e. The summed E-state index contributed by atoms with van der Waals surface area (Å²) >= 11 is 6.03. The van der Waals surface area contributed by atoms with Gasteiger partial charge in [-0.2, -0.15) is 0 Å². The lowest BCUT2D eigenvalue weighted by molar-refractivity contribution is 0.247. The Kier molecular flexibility index (Phi) is 4.23. The summed E-state index contributed by atoms with van der Waals surface area (Å²) in [6.07, 6.45) is 4.90. The first kappa shape index (κ1) is 14.8. The van der Waals surface area contributed by atoms with E-state index in [1.54, 1.807) is 6.92 Å². The number of halogens is 1. The van der Waals surface area contributed by atoms with Crippen molar-refractivity contribution in [2.75, 3.05) is 5.88 Å². The molecule has 0 saturated heterocycles. The third kappa shape index (κ3) is 3.30. The molecule has 0 aliphatic heterocycles. The number of alkyl halides is 1. The zero-order valence-corrected chi connectivity index (χ0v) is 12.8. The van der Waals surface area contributed by atoms with Crippen molar-refractivity contribution < 1.29 is 8.42 Å². The van der Waals surface area contributed by atoms with E-state index in [-0.39, 0.29) is 5.03 Å². The van der Waals surface area contributed by atoms with E-state index < -0.39 is 15.6 Å². The fourth-order valence-corrected chi connectivity index (χ4v) is 4.30. The molecule has 108 valence electrons. The minimum atomic E-state index is -3.58. The van der Waals surface area contributed by atoms with Gasteiger partial charge < -0.3 is 4.98 Å². The SMILES string of the molecule is Cc1ncc(S(=O)(=O)NC2(CCl)CCC(C)CC2)[nH]1. The molecule has 5 nitrogen and oxygen atoms in total. The van der Waals surface area contributed by atoms with Crippen molar-refractivity contribution in [2.24, 2.45) is 5.92 Å². The standard InChI is InChI=1S/C12H20ClN3O2S/c1-9-3-5-12(8-13,6-4-9)16-19(17,18)11-7-14-10(2)15-11/h7,9,16H,3-6,8H2,1-2H3,(H,14,15). The number of hydrogen-bond donors (Lipinski definition) is 2. The van der Waals surface area contributed by atoms with Crippen molar-refractivity contribution in [1.29, 1.82) is 0 Å². The van der Waals surface area contributed by atoms with E-state index in [1.807, 2.05) is 0 Å². The zero-order valence-electron chi connectivity index (χ0n) is 11.2. The van der Waals surface area contributed by atoms with Gasteiger partial charge in [0.2, 0.25) is 0 Å². The first-order chi connectivity index (χ1) is 8.87. The Bertz CT molecular complexity index is 533. The monoisotopic (exact) mass is 305 g/mol. The molecule has 0 amide bonds. The maximum atomic E-state index is 12.3. The minimum Gasteiger partial charge on any atom is -0.332 e. The van der Waals surface area contributed by atoms with Crippen LogP contribution in [0.2, 0.25) is 0 Å². The van der Waals surface area contributed by atoms with Crippen molar-refractivity contribution in [3.05, 3.63) is 12.0 Å². The van der Waals surface area contributed by atoms with Gasteiger partial charge in [0.15, 0.2) is 5.03 Å². The number of imidazole rings is 1. The van der Waals surface area contributed by atoms with E-state index in [0.717, 1.165) is 25.7 Å². The molecule has 0 spiro atoms. The number of nitrogens with zero attached hydrogens (tertiary/aromatic N) is 1. The predicted molar refractivity (Wildman–Crippen MR) is 74.7 cm³/mol. The molecule has 1 fully saturated rings. The highest BCUT2D eigenvalue weighted by molar-refractivity contribution is 7.89. The van der Waals surface area contributed by atoms with Crippen LogP contribution in [0.5, 0.6) is 0 Å². The molecule has 1 aromatic rings. The summed E-state index contributed by atoms with van der Waals surface area (Å²) in [6.45, 7) is 3.91. The fraction of sp³-hybridized carbons (Fsp3) is 0.750. The Morgan fingerprint density at radius 1 is 1.53 bits per heavy atom. The van der Waals surface area contributed by atoms with E-state index in [0.29, 0.717) is 17.6 Å². The van der Waals surface area contributed by atoms with Crippen LogP contribution in [0.1, 0.15) is 38.4 Å². The number of nitrogens with one attached hydrogen (secondary N) is 2. The quantitative estimate of drug-likeness (QED) is 0.837. The van der Waals surface area contributed by atoms with Gasteiger partial charge in [0.1, 0.15) is 5.82 Å². The van der Waals surface area contributed by atoms with Crippen LogP contribution in [0.4, 0.5) is 0 Å². The van der Waals surface area contributed by atoms with Crippen LogP contribution in [0.25, 0.3) is 0 Å². The summed E-state index contributed by atoms with van der Waals surface area (Å²) in [5.74, 6) is 1.51. The molecule has 19 heavy (non-hydrogen) atoms. The van der Waals surface area contributed by atoms with Crippen LogP contribution in [0.3, 0.4) is 0 Å². The number of hydrogen-bond acceptors (Lipinski definition) is 3. The molecule has 0 unspecified atom stereocenters. The number of aromatic amines is 1. The van der Waals surface area contributed by atoms with E-state index in [2.05, 4.69) is 21.6 Å². The van der Waals surface area contributed by atoms with Crippen LogP contribution in [-0.4, -0.2) is 29.8 Å². The van der Waals surface area contributed by atoms with Crippen molar-refractivity contribution >= 4 is 21.6 Å². The summed E-state index contributed by atoms with van der Waals surface area (Å²) in [7, 11) is -3.58. The van der Waals surface area contributed by atoms with E-state index in [1.165, 1.54) is 6.20 Å². The highest BCUT2D eigenvalue weighted by atomic mass is 35.5. The zero-order chi connectivity index (χ0) is 14.1. The van der Waals surface area contributed by atoms with Gasteiger partial charge >= 0.3 is 0 Å². The number of aromatic nitrogens is 2. The van der Waals surface area contributed by atoms with Gasteiger partial charge in [-0.25, -0.2) is 18.1 Å². The average Bonchev–Trinajstić information content (AvgIpc) is 2.80. The van der Waals surface area contributed by atoms with Gasteiger partial charge in [0.05, 0.1) is 6.20 Å². The number of rotatable bonds is 4. The fourth-order valence-electron chi connectivity index (χ4n) is 2.45. The van der Waals surface area contributed by atoms with Crippen molar-refractivity contribution in [3.8, 4) is 0 Å². The second kappa shape index (κ2) is 5.42. The molecular weight excluding hydrogens is 286 g/mol. The van der Waals surface area contributed by atoms with Gasteiger partial charge in [0.25, 0.3) is 10.0 Å². The predicted octanol–water partition coefficient (Wildman–Crippen LogP) is 2.18. The van der Waals surface area contributed by atoms with E-state index >= 15 is 0 Å². The summed E-state index contributed by atoms with van der Waals surface area (Å²) < 4.78 is 27.4. The van der Waals surface area contributed by atoms with Crippen LogP contribution < -0.4 is 4.72 Å². The van der Waals surface area contributed by atoms with E-state index in [4.69, 9.17) is 11.6 Å². The minimum absolute atomic E-state index is 0.105. The second-order valence-corrected chi connectivity index (χ2v) is 7.45. The van der Waals surface area contributed by atoms with Crippen molar-refractivity contribution in [2.45, 2.75) is 50.1 Å². The second-order valence-electron chi connectivity index (χ2n) is 5.53. The molecule has 7 heteroatoms. The Balaban J connectivity index is 2.18. The van der Waals surface area contributed by atoms with Gasteiger partial charge in [-0.1, -0.05) is 6.92 Å². The Morgan fingerprint density at radius 3 is 2.63 bits per heavy atom. The number of sulfonamides is 1. The Labute approximate surface area is 119 Å². The molecule has 0 bridgehead atoms. The molecule has 1 aliphatic rings. The van der Waals surface area contributed by atoms with Gasteiger partial charge in [0, 0.05) is 11.4 Å². The highest BCUT2D eigenvalue weighted by Gasteiger charge is 2.37. The lowest BCUT2D eigenvalue weighted by Gasteiger charge is -2.38. The molecule has 1 aliphatic carbocycles. The van der Waals surface area contributed by atoms with Crippen LogP contribution >= 0.6 is 11.6 Å². The van der Waals surface area contributed by atoms with Gasteiger partial charge in [-0.05, 0) is 38.5 Å². The summed E-state index contributed by atoms with van der Waals surface area (Å²) in [5.41, 5.74) is -0.522. The molecule has 1 saturated carbocycles. The first-order valence-electron chi connectivity index (χ1n) is 6.48. The molecular formula is C12H20ClN3O2S. The topological polar surface area (TPSA) is 74.8 Å². The third-order valence-electron chi connectivity index (χ3n) is 3.81. The molecule has 1 heterocycles. The smallest absolute Gasteiger partial charge is 0.258 e. The third-order valence-corrected chi connectivity index (χ3v) is 5.81. The summed E-state index contributed by atoms with van der Waals surface area (Å²) in [5, 5.41) is 0.105. The molecule has 0 atom stereocenters. The van der Waals surface area contributed by atoms with Gasteiger partial charge in [-0.3, -0.25) is 0 Å². The summed E-state index contributed by atoms with van der Waals surface area (Å²) in [4.78, 5) is 6.68. The first-order valence-corrected chi connectivity index (χ1v) is 8.50. The van der Waals surface area contributed by atoms with Crippen LogP contribution in [0, 0.1) is 12.8 Å². The maximum absolute atomic E-state index is 12.3. The molecule has 0 aromatic carbocycles. The molecule has 0 radical (unpaired) electrons. The molecule has 2 rings (SSSR count). The lowest BCUT2D eigenvalue weighted by atomic mass is 9.79. The molecule has 2 N–H and O–H groups in total. The highest BCUT2D eigenvalue weighted by Crippen LogP contribution is 2.33.